The number of ether oxygens (including phenoxy) is 1. The van der Waals surface area contributed by atoms with Gasteiger partial charge in [-0.3, -0.25) is 9.59 Å². The van der Waals surface area contributed by atoms with Crippen LogP contribution in [-0.4, -0.2) is 37.0 Å². The van der Waals surface area contributed by atoms with E-state index in [1.807, 2.05) is 13.0 Å². The van der Waals surface area contributed by atoms with Crippen LogP contribution in [0.15, 0.2) is 22.6 Å². The molecule has 18 heavy (non-hydrogen) atoms. The van der Waals surface area contributed by atoms with E-state index in [1.165, 1.54) is 18.0 Å². The fourth-order valence-corrected chi connectivity index (χ4v) is 1.30. The average Bonchev–Trinajstić information content (AvgIpc) is 2.72. The van der Waals surface area contributed by atoms with Crippen LogP contribution in [0.1, 0.15) is 18.4 Å². The molecule has 0 fully saturated rings. The number of nitrogens with zero attached hydrogens (tertiary/aromatic N) is 1. The molecule has 1 amide bonds. The van der Waals surface area contributed by atoms with Crippen molar-refractivity contribution in [2.45, 2.75) is 13.8 Å². The van der Waals surface area contributed by atoms with Crippen molar-refractivity contribution in [2.24, 2.45) is 0 Å². The zero-order valence-electron chi connectivity index (χ0n) is 10.8. The maximum atomic E-state index is 11.7. The first kappa shape index (κ1) is 14.0. The van der Waals surface area contributed by atoms with Gasteiger partial charge in [-0.15, -0.1) is 0 Å². The van der Waals surface area contributed by atoms with Gasteiger partial charge in [0.25, 0.3) is 0 Å². The molecule has 0 spiro atoms. The first-order valence-corrected chi connectivity index (χ1v) is 5.68. The van der Waals surface area contributed by atoms with E-state index in [9.17, 15) is 9.59 Å². The molecule has 0 aromatic carbocycles. The molecule has 1 aromatic heterocycles. The highest BCUT2D eigenvalue weighted by Crippen LogP contribution is 2.08. The van der Waals surface area contributed by atoms with Crippen LogP contribution in [-0.2, 0) is 14.3 Å². The summed E-state index contributed by atoms with van der Waals surface area (Å²) in [4.78, 5) is 24.1. The van der Waals surface area contributed by atoms with E-state index < -0.39 is 5.97 Å². The number of hydrogen-bond acceptors (Lipinski definition) is 4. The minimum absolute atomic E-state index is 0.0613. The van der Waals surface area contributed by atoms with E-state index in [0.717, 1.165) is 5.76 Å². The van der Waals surface area contributed by atoms with Gasteiger partial charge in [0.1, 0.15) is 18.1 Å². The largest absolute Gasteiger partial charge is 0.465 e. The molecule has 0 N–H and O–H groups in total. The number of amides is 1. The second-order valence-electron chi connectivity index (χ2n) is 3.78. The molecule has 5 nitrogen and oxygen atoms in total. The molecule has 5 heteroatoms. The number of hydrogen-bond donors (Lipinski definition) is 0. The Hall–Kier alpha value is -2.04. The third-order valence-electron chi connectivity index (χ3n) is 2.20. The SMILES string of the molecule is CCOC(=O)CN(C)C(=O)C=Cc1ccc(C)o1. The van der Waals surface area contributed by atoms with Crippen molar-refractivity contribution in [1.82, 2.24) is 4.90 Å². The fraction of sp³-hybridized carbons (Fsp3) is 0.385. The van der Waals surface area contributed by atoms with Crippen LogP contribution >= 0.6 is 0 Å². The van der Waals surface area contributed by atoms with Gasteiger partial charge < -0.3 is 14.1 Å². The first-order valence-electron chi connectivity index (χ1n) is 5.68. The summed E-state index contributed by atoms with van der Waals surface area (Å²) in [5.41, 5.74) is 0. The van der Waals surface area contributed by atoms with Gasteiger partial charge in [-0.2, -0.15) is 0 Å². The summed E-state index contributed by atoms with van der Waals surface area (Å²) in [5, 5.41) is 0. The van der Waals surface area contributed by atoms with Crippen LogP contribution < -0.4 is 0 Å². The van der Waals surface area contributed by atoms with Crippen LogP contribution in [0.2, 0.25) is 0 Å². The van der Waals surface area contributed by atoms with Crippen molar-refractivity contribution in [1.29, 1.82) is 0 Å². The summed E-state index contributed by atoms with van der Waals surface area (Å²) >= 11 is 0. The summed E-state index contributed by atoms with van der Waals surface area (Å²) in [7, 11) is 1.54. The molecular weight excluding hydrogens is 234 g/mol. The van der Waals surface area contributed by atoms with Crippen LogP contribution in [0.4, 0.5) is 0 Å². The standard InChI is InChI=1S/C13H17NO4/c1-4-17-13(16)9-14(3)12(15)8-7-11-6-5-10(2)18-11/h5-8H,4,9H2,1-3H3. The predicted molar refractivity (Wildman–Crippen MR) is 66.7 cm³/mol. The second-order valence-corrected chi connectivity index (χ2v) is 3.78. The second kappa shape index (κ2) is 6.64. The Morgan fingerprint density at radius 2 is 2.17 bits per heavy atom. The molecule has 0 unspecified atom stereocenters. The highest BCUT2D eigenvalue weighted by Gasteiger charge is 2.10. The van der Waals surface area contributed by atoms with Crippen LogP contribution in [0.25, 0.3) is 6.08 Å². The summed E-state index contributed by atoms with van der Waals surface area (Å²) in [6, 6.07) is 3.58. The Kier molecular flexibility index (Phi) is 5.17. The molecule has 98 valence electrons. The Balaban J connectivity index is 2.49. The van der Waals surface area contributed by atoms with Gasteiger partial charge >= 0.3 is 5.97 Å². The van der Waals surface area contributed by atoms with E-state index in [-0.39, 0.29) is 12.5 Å². The van der Waals surface area contributed by atoms with E-state index in [4.69, 9.17) is 9.15 Å². The van der Waals surface area contributed by atoms with E-state index >= 15 is 0 Å². The van der Waals surface area contributed by atoms with Crippen LogP contribution in [0.3, 0.4) is 0 Å². The highest BCUT2D eigenvalue weighted by molar-refractivity contribution is 5.93. The summed E-state index contributed by atoms with van der Waals surface area (Å²) in [6.45, 7) is 3.79. The molecule has 1 aromatic rings. The molecule has 0 saturated carbocycles. The van der Waals surface area contributed by atoms with Crippen molar-refractivity contribution in [3.05, 3.63) is 29.7 Å². The summed E-state index contributed by atoms with van der Waals surface area (Å²) in [6.07, 6.45) is 2.93. The zero-order chi connectivity index (χ0) is 13.5. The number of aryl methyl sites for hydroxylation is 1. The lowest BCUT2D eigenvalue weighted by atomic mass is 10.3. The highest BCUT2D eigenvalue weighted by atomic mass is 16.5. The molecule has 0 atom stereocenters. The molecule has 1 heterocycles. The van der Waals surface area contributed by atoms with E-state index in [2.05, 4.69) is 0 Å². The zero-order valence-corrected chi connectivity index (χ0v) is 10.8. The number of carbonyl (C=O) groups excluding carboxylic acids is 2. The van der Waals surface area contributed by atoms with Crippen molar-refractivity contribution in [3.8, 4) is 0 Å². The number of likely N-dealkylation sites (N-methyl/N-ethyl adjacent to an activating group) is 1. The van der Waals surface area contributed by atoms with Gasteiger partial charge in [0.2, 0.25) is 5.91 Å². The van der Waals surface area contributed by atoms with E-state index in [0.29, 0.717) is 12.4 Å². The molecule has 0 aliphatic heterocycles. The van der Waals surface area contributed by atoms with Crippen LogP contribution in [0, 0.1) is 6.92 Å². The number of rotatable bonds is 5. The Bertz CT molecular complexity index is 448. The predicted octanol–water partition coefficient (Wildman–Crippen LogP) is 1.62. The normalized spacial score (nSPS) is 10.6. The van der Waals surface area contributed by atoms with Crippen LogP contribution in [0.5, 0.6) is 0 Å². The van der Waals surface area contributed by atoms with Gasteiger partial charge in [0, 0.05) is 13.1 Å². The fourth-order valence-electron chi connectivity index (χ4n) is 1.30. The summed E-state index contributed by atoms with van der Waals surface area (Å²) < 4.78 is 10.0. The van der Waals surface area contributed by atoms with E-state index in [1.54, 1.807) is 19.1 Å². The Labute approximate surface area is 106 Å². The lowest BCUT2D eigenvalue weighted by molar-refractivity contribution is -0.146. The van der Waals surface area contributed by atoms with Gasteiger partial charge in [0.15, 0.2) is 0 Å². The Morgan fingerprint density at radius 1 is 1.44 bits per heavy atom. The van der Waals surface area contributed by atoms with Crippen molar-refractivity contribution in [3.63, 3.8) is 0 Å². The maximum absolute atomic E-state index is 11.7. The molecule has 0 radical (unpaired) electrons. The molecule has 0 saturated heterocycles. The summed E-state index contributed by atoms with van der Waals surface area (Å²) in [5.74, 6) is 0.681. The van der Waals surface area contributed by atoms with Gasteiger partial charge in [0.05, 0.1) is 6.61 Å². The van der Waals surface area contributed by atoms with Crippen molar-refractivity contribution in [2.75, 3.05) is 20.2 Å². The lowest BCUT2D eigenvalue weighted by Gasteiger charge is -2.13. The molecular formula is C13H17NO4. The molecule has 0 aliphatic rings. The smallest absolute Gasteiger partial charge is 0.325 e. The molecule has 0 aliphatic carbocycles. The van der Waals surface area contributed by atoms with Gasteiger partial charge in [-0.05, 0) is 32.1 Å². The minimum Gasteiger partial charge on any atom is -0.465 e. The molecule has 0 bridgehead atoms. The first-order chi connectivity index (χ1) is 8.52. The van der Waals surface area contributed by atoms with Crippen molar-refractivity contribution < 1.29 is 18.7 Å². The average molecular weight is 251 g/mol. The third kappa shape index (κ3) is 4.45. The Morgan fingerprint density at radius 3 is 2.72 bits per heavy atom. The maximum Gasteiger partial charge on any atom is 0.325 e. The third-order valence-corrected chi connectivity index (χ3v) is 2.20. The topological polar surface area (TPSA) is 59.8 Å². The minimum atomic E-state index is -0.421. The quantitative estimate of drug-likeness (QED) is 0.589. The number of furan rings is 1. The van der Waals surface area contributed by atoms with Gasteiger partial charge in [-0.1, -0.05) is 0 Å². The number of carbonyl (C=O) groups is 2. The van der Waals surface area contributed by atoms with Crippen molar-refractivity contribution >= 4 is 18.0 Å². The number of esters is 1. The van der Waals surface area contributed by atoms with Gasteiger partial charge in [-0.25, -0.2) is 0 Å². The molecule has 1 rings (SSSR count). The lowest BCUT2D eigenvalue weighted by Crippen LogP contribution is -2.31. The monoisotopic (exact) mass is 251 g/mol.